The van der Waals surface area contributed by atoms with E-state index in [1.165, 1.54) is 23.1 Å². The van der Waals surface area contributed by atoms with E-state index in [0.29, 0.717) is 23.1 Å². The Balaban J connectivity index is 1.85. The number of carbonyl (C=O) groups is 1. The molecule has 0 bridgehead atoms. The molecule has 0 aliphatic rings. The number of rotatable bonds is 5. The van der Waals surface area contributed by atoms with Crippen LogP contribution in [-0.4, -0.2) is 32.7 Å². The standard InChI is InChI=1S/C17H16ClFN6O/c1-10-6-16(25(24-10)15-8-14(20-2)21-9-22-15)23-17(26)7-11-12(18)4-3-5-13(11)19/h3-6,8-9H,7H2,1-2H3,(H,23,26)(H,20,21,22). The first-order valence-corrected chi connectivity index (χ1v) is 8.15. The lowest BCUT2D eigenvalue weighted by atomic mass is 10.1. The Hall–Kier alpha value is -3.00. The second-order valence-electron chi connectivity index (χ2n) is 5.52. The van der Waals surface area contributed by atoms with E-state index in [1.807, 2.05) is 0 Å². The van der Waals surface area contributed by atoms with Crippen molar-refractivity contribution in [2.24, 2.45) is 0 Å². The van der Waals surface area contributed by atoms with Gasteiger partial charge in [-0.1, -0.05) is 17.7 Å². The largest absolute Gasteiger partial charge is 0.373 e. The molecular weight excluding hydrogens is 359 g/mol. The molecule has 0 atom stereocenters. The van der Waals surface area contributed by atoms with Gasteiger partial charge in [-0.2, -0.15) is 9.78 Å². The van der Waals surface area contributed by atoms with E-state index in [0.717, 1.165) is 0 Å². The molecule has 1 amide bonds. The molecular formula is C17H16ClFN6O. The van der Waals surface area contributed by atoms with Crippen LogP contribution in [0.25, 0.3) is 5.82 Å². The fourth-order valence-electron chi connectivity index (χ4n) is 2.41. The maximum Gasteiger partial charge on any atom is 0.230 e. The molecule has 2 N–H and O–H groups in total. The van der Waals surface area contributed by atoms with Crippen molar-refractivity contribution >= 4 is 29.1 Å². The average molecular weight is 375 g/mol. The Morgan fingerprint density at radius 1 is 1.31 bits per heavy atom. The Bertz CT molecular complexity index is 938. The van der Waals surface area contributed by atoms with Gasteiger partial charge in [-0.05, 0) is 19.1 Å². The molecule has 7 nitrogen and oxygen atoms in total. The lowest BCUT2D eigenvalue weighted by Crippen LogP contribution is -2.18. The summed E-state index contributed by atoms with van der Waals surface area (Å²) in [4.78, 5) is 20.6. The lowest BCUT2D eigenvalue weighted by Gasteiger charge is -2.10. The highest BCUT2D eigenvalue weighted by atomic mass is 35.5. The van der Waals surface area contributed by atoms with Crippen molar-refractivity contribution in [1.29, 1.82) is 0 Å². The van der Waals surface area contributed by atoms with E-state index in [1.54, 1.807) is 32.2 Å². The number of nitrogens with zero attached hydrogens (tertiary/aromatic N) is 4. The fourth-order valence-corrected chi connectivity index (χ4v) is 2.64. The fraction of sp³-hybridized carbons (Fsp3) is 0.176. The average Bonchev–Trinajstić information content (AvgIpc) is 2.98. The molecule has 0 unspecified atom stereocenters. The minimum Gasteiger partial charge on any atom is -0.373 e. The van der Waals surface area contributed by atoms with Gasteiger partial charge in [0, 0.05) is 29.8 Å². The Kier molecular flexibility index (Phi) is 5.13. The monoisotopic (exact) mass is 374 g/mol. The summed E-state index contributed by atoms with van der Waals surface area (Å²) < 4.78 is 15.4. The van der Waals surface area contributed by atoms with Crippen LogP contribution in [-0.2, 0) is 11.2 Å². The summed E-state index contributed by atoms with van der Waals surface area (Å²) >= 11 is 5.98. The number of benzene rings is 1. The smallest absolute Gasteiger partial charge is 0.230 e. The first kappa shape index (κ1) is 17.8. The van der Waals surface area contributed by atoms with Crippen molar-refractivity contribution < 1.29 is 9.18 Å². The van der Waals surface area contributed by atoms with Gasteiger partial charge in [-0.25, -0.2) is 14.4 Å². The number of aromatic nitrogens is 4. The van der Waals surface area contributed by atoms with Gasteiger partial charge in [-0.3, -0.25) is 4.79 Å². The Labute approximate surface area is 154 Å². The molecule has 2 heterocycles. The maximum absolute atomic E-state index is 13.9. The molecule has 0 spiro atoms. The van der Waals surface area contributed by atoms with Gasteiger partial charge in [0.25, 0.3) is 0 Å². The van der Waals surface area contributed by atoms with Crippen LogP contribution in [0.1, 0.15) is 11.3 Å². The Morgan fingerprint density at radius 2 is 2.12 bits per heavy atom. The second kappa shape index (κ2) is 7.49. The number of aryl methyl sites for hydroxylation is 1. The summed E-state index contributed by atoms with van der Waals surface area (Å²) in [5, 5.41) is 10.2. The lowest BCUT2D eigenvalue weighted by molar-refractivity contribution is -0.115. The maximum atomic E-state index is 13.9. The third-order valence-electron chi connectivity index (χ3n) is 3.62. The SMILES string of the molecule is CNc1cc(-n2nc(C)cc2NC(=O)Cc2c(F)cccc2Cl)ncn1. The van der Waals surface area contributed by atoms with Crippen molar-refractivity contribution in [2.45, 2.75) is 13.3 Å². The zero-order valence-electron chi connectivity index (χ0n) is 14.1. The minimum atomic E-state index is -0.521. The van der Waals surface area contributed by atoms with E-state index in [4.69, 9.17) is 11.6 Å². The first-order chi connectivity index (χ1) is 12.5. The number of nitrogens with one attached hydrogen (secondary N) is 2. The predicted molar refractivity (Wildman–Crippen MR) is 97.2 cm³/mol. The van der Waals surface area contributed by atoms with Gasteiger partial charge in [-0.15, -0.1) is 0 Å². The van der Waals surface area contributed by atoms with Crippen molar-refractivity contribution in [3.63, 3.8) is 0 Å². The summed E-state index contributed by atoms with van der Waals surface area (Å²) in [5.74, 6) is 0.573. The van der Waals surface area contributed by atoms with Gasteiger partial charge in [0.05, 0.1) is 12.1 Å². The van der Waals surface area contributed by atoms with E-state index in [2.05, 4.69) is 25.7 Å². The van der Waals surface area contributed by atoms with E-state index in [9.17, 15) is 9.18 Å². The second-order valence-corrected chi connectivity index (χ2v) is 5.93. The van der Waals surface area contributed by atoms with Crippen molar-refractivity contribution in [3.05, 3.63) is 58.8 Å². The number of hydrogen-bond donors (Lipinski definition) is 2. The van der Waals surface area contributed by atoms with E-state index in [-0.39, 0.29) is 17.0 Å². The normalized spacial score (nSPS) is 10.6. The van der Waals surface area contributed by atoms with E-state index >= 15 is 0 Å². The quantitative estimate of drug-likeness (QED) is 0.717. The van der Waals surface area contributed by atoms with Crippen molar-refractivity contribution in [1.82, 2.24) is 19.7 Å². The summed E-state index contributed by atoms with van der Waals surface area (Å²) in [6.45, 7) is 1.79. The van der Waals surface area contributed by atoms with Gasteiger partial charge in [0.2, 0.25) is 5.91 Å². The summed E-state index contributed by atoms with van der Waals surface area (Å²) in [7, 11) is 1.74. The van der Waals surface area contributed by atoms with E-state index < -0.39 is 11.7 Å². The molecule has 3 rings (SSSR count). The van der Waals surface area contributed by atoms with Crippen LogP contribution in [0.3, 0.4) is 0 Å². The summed E-state index contributed by atoms with van der Waals surface area (Å²) in [5.41, 5.74) is 0.836. The number of amides is 1. The predicted octanol–water partition coefficient (Wildman–Crippen LogP) is 2.99. The minimum absolute atomic E-state index is 0.147. The highest BCUT2D eigenvalue weighted by Gasteiger charge is 2.16. The third kappa shape index (κ3) is 3.80. The zero-order chi connectivity index (χ0) is 18.7. The third-order valence-corrected chi connectivity index (χ3v) is 3.98. The van der Waals surface area contributed by atoms with Crippen LogP contribution in [0.2, 0.25) is 5.02 Å². The number of hydrogen-bond acceptors (Lipinski definition) is 5. The molecule has 0 radical (unpaired) electrons. The van der Waals surface area contributed by atoms with Crippen LogP contribution in [0.15, 0.2) is 36.7 Å². The molecule has 26 heavy (non-hydrogen) atoms. The topological polar surface area (TPSA) is 84.7 Å². The molecule has 0 aliphatic heterocycles. The van der Waals surface area contributed by atoms with Crippen LogP contribution >= 0.6 is 11.6 Å². The van der Waals surface area contributed by atoms with Crippen molar-refractivity contribution in [3.8, 4) is 5.82 Å². The molecule has 2 aromatic heterocycles. The summed E-state index contributed by atoms with van der Waals surface area (Å²) in [6, 6.07) is 7.69. The molecule has 3 aromatic rings. The van der Waals surface area contributed by atoms with Gasteiger partial charge in [0.1, 0.15) is 23.8 Å². The van der Waals surface area contributed by atoms with Gasteiger partial charge in [0.15, 0.2) is 5.82 Å². The molecule has 0 saturated carbocycles. The first-order valence-electron chi connectivity index (χ1n) is 7.77. The van der Waals surface area contributed by atoms with Crippen LogP contribution in [0.5, 0.6) is 0 Å². The molecule has 9 heteroatoms. The highest BCUT2D eigenvalue weighted by Crippen LogP contribution is 2.21. The molecule has 0 saturated heterocycles. The van der Waals surface area contributed by atoms with Crippen LogP contribution in [0.4, 0.5) is 16.0 Å². The summed E-state index contributed by atoms with van der Waals surface area (Å²) in [6.07, 6.45) is 1.20. The number of anilines is 2. The molecule has 1 aromatic carbocycles. The van der Waals surface area contributed by atoms with Crippen molar-refractivity contribution in [2.75, 3.05) is 17.7 Å². The molecule has 0 aliphatic carbocycles. The van der Waals surface area contributed by atoms with Gasteiger partial charge >= 0.3 is 0 Å². The Morgan fingerprint density at radius 3 is 2.85 bits per heavy atom. The van der Waals surface area contributed by atoms with Crippen LogP contribution in [0, 0.1) is 12.7 Å². The highest BCUT2D eigenvalue weighted by molar-refractivity contribution is 6.31. The number of halogens is 2. The molecule has 134 valence electrons. The number of carbonyl (C=O) groups excluding carboxylic acids is 1. The van der Waals surface area contributed by atoms with Gasteiger partial charge < -0.3 is 10.6 Å². The van der Waals surface area contributed by atoms with Crippen LogP contribution < -0.4 is 10.6 Å². The zero-order valence-corrected chi connectivity index (χ0v) is 14.9. The molecule has 0 fully saturated rings.